The molecule has 15 heavy (non-hydrogen) atoms. The maximum atomic E-state index is 13.3. The molecule has 0 spiro atoms. The molecule has 0 fully saturated rings. The Labute approximate surface area is 92.0 Å². The third-order valence-electron chi connectivity index (χ3n) is 1.73. The third-order valence-corrected chi connectivity index (χ3v) is 1.97. The largest absolute Gasteiger partial charge is 0.488 e. The number of rotatable bonds is 4. The van der Waals surface area contributed by atoms with Gasteiger partial charge >= 0.3 is 0 Å². The van der Waals surface area contributed by atoms with Gasteiger partial charge in [0.05, 0.1) is 6.61 Å². The van der Waals surface area contributed by atoms with Gasteiger partial charge in [0.1, 0.15) is 4.99 Å². The molecule has 0 radical (unpaired) electrons. The second-order valence-electron chi connectivity index (χ2n) is 2.98. The zero-order chi connectivity index (χ0) is 11.4. The Morgan fingerprint density at radius 3 is 2.33 bits per heavy atom. The lowest BCUT2D eigenvalue weighted by Crippen LogP contribution is -2.11. The van der Waals surface area contributed by atoms with Gasteiger partial charge in [-0.25, -0.2) is 8.78 Å². The van der Waals surface area contributed by atoms with E-state index in [0.29, 0.717) is 6.42 Å². The van der Waals surface area contributed by atoms with Crippen LogP contribution >= 0.6 is 12.2 Å². The van der Waals surface area contributed by atoms with E-state index in [9.17, 15) is 8.78 Å². The fourth-order valence-electron chi connectivity index (χ4n) is 1.04. The first-order valence-electron chi connectivity index (χ1n) is 4.48. The standard InChI is InChI=1S/C10H11F2NOS/c1-2-3-14-9-7(11)4-6(10(13)15)5-8(9)12/h4-5H,2-3H2,1H3,(H2,13,15). The first-order chi connectivity index (χ1) is 7.06. The van der Waals surface area contributed by atoms with Gasteiger partial charge in [-0.05, 0) is 18.6 Å². The molecule has 2 nitrogen and oxygen atoms in total. The summed E-state index contributed by atoms with van der Waals surface area (Å²) in [6.45, 7) is 2.11. The zero-order valence-corrected chi connectivity index (χ0v) is 9.04. The summed E-state index contributed by atoms with van der Waals surface area (Å²) in [4.78, 5) is -0.0464. The fraction of sp³-hybridized carbons (Fsp3) is 0.300. The van der Waals surface area contributed by atoms with Crippen molar-refractivity contribution in [2.24, 2.45) is 5.73 Å². The molecule has 0 aliphatic heterocycles. The molecular weight excluding hydrogens is 220 g/mol. The number of benzene rings is 1. The normalized spacial score (nSPS) is 10.1. The zero-order valence-electron chi connectivity index (χ0n) is 8.22. The van der Waals surface area contributed by atoms with Crippen molar-refractivity contribution in [1.82, 2.24) is 0 Å². The number of nitrogens with two attached hydrogens (primary N) is 1. The Hall–Kier alpha value is -1.23. The summed E-state index contributed by atoms with van der Waals surface area (Å²) in [6.07, 6.45) is 0.677. The molecule has 0 atom stereocenters. The number of ether oxygens (including phenoxy) is 1. The lowest BCUT2D eigenvalue weighted by atomic mass is 10.2. The summed E-state index contributed by atoms with van der Waals surface area (Å²) in [5.41, 5.74) is 5.42. The molecule has 2 N–H and O–H groups in total. The predicted octanol–water partition coefficient (Wildman–Crippen LogP) is 2.39. The van der Waals surface area contributed by atoms with Crippen LogP contribution in [-0.4, -0.2) is 11.6 Å². The Kier molecular flexibility index (Phi) is 3.96. The molecule has 1 aromatic rings. The molecule has 5 heteroatoms. The summed E-state index contributed by atoms with van der Waals surface area (Å²) < 4.78 is 31.5. The van der Waals surface area contributed by atoms with Crippen LogP contribution in [0.3, 0.4) is 0 Å². The lowest BCUT2D eigenvalue weighted by Gasteiger charge is -2.08. The highest BCUT2D eigenvalue weighted by Gasteiger charge is 2.13. The van der Waals surface area contributed by atoms with Crippen LogP contribution in [0.2, 0.25) is 0 Å². The second-order valence-corrected chi connectivity index (χ2v) is 3.42. The summed E-state index contributed by atoms with van der Waals surface area (Å²) in [5.74, 6) is -1.95. The highest BCUT2D eigenvalue weighted by molar-refractivity contribution is 7.80. The smallest absolute Gasteiger partial charge is 0.190 e. The highest BCUT2D eigenvalue weighted by Crippen LogP contribution is 2.23. The number of hydrogen-bond donors (Lipinski definition) is 1. The summed E-state index contributed by atoms with van der Waals surface area (Å²) in [6, 6.07) is 2.13. The highest BCUT2D eigenvalue weighted by atomic mass is 32.1. The number of halogens is 2. The van der Waals surface area contributed by atoms with Gasteiger partial charge in [-0.15, -0.1) is 0 Å². The monoisotopic (exact) mass is 231 g/mol. The van der Waals surface area contributed by atoms with E-state index in [-0.39, 0.29) is 22.9 Å². The van der Waals surface area contributed by atoms with Crippen LogP contribution in [0.5, 0.6) is 5.75 Å². The van der Waals surface area contributed by atoms with Gasteiger partial charge in [-0.1, -0.05) is 19.1 Å². The minimum absolute atomic E-state index is 0.0464. The maximum absolute atomic E-state index is 13.3. The van der Waals surface area contributed by atoms with E-state index in [1.807, 2.05) is 6.92 Å². The summed E-state index contributed by atoms with van der Waals surface area (Å²) in [5, 5.41) is 0. The molecule has 0 saturated carbocycles. The SMILES string of the molecule is CCCOc1c(F)cc(C(N)=S)cc1F. The van der Waals surface area contributed by atoms with Crippen LogP contribution < -0.4 is 10.5 Å². The lowest BCUT2D eigenvalue weighted by molar-refractivity contribution is 0.285. The van der Waals surface area contributed by atoms with Crippen LogP contribution in [0.1, 0.15) is 18.9 Å². The Bertz CT molecular complexity index is 359. The molecule has 0 amide bonds. The molecule has 0 aromatic heterocycles. The van der Waals surface area contributed by atoms with E-state index < -0.39 is 11.6 Å². The molecular formula is C10H11F2NOS. The van der Waals surface area contributed by atoms with E-state index in [4.69, 9.17) is 10.5 Å². The molecule has 0 unspecified atom stereocenters. The molecule has 0 heterocycles. The average molecular weight is 231 g/mol. The topological polar surface area (TPSA) is 35.2 Å². The number of thiocarbonyl (C=S) groups is 1. The number of hydrogen-bond acceptors (Lipinski definition) is 2. The summed E-state index contributed by atoms with van der Waals surface area (Å²) >= 11 is 4.62. The maximum Gasteiger partial charge on any atom is 0.190 e. The van der Waals surface area contributed by atoms with Crippen LogP contribution in [0.15, 0.2) is 12.1 Å². The van der Waals surface area contributed by atoms with Crippen molar-refractivity contribution in [3.63, 3.8) is 0 Å². The van der Waals surface area contributed by atoms with Crippen molar-refractivity contribution < 1.29 is 13.5 Å². The van der Waals surface area contributed by atoms with Gasteiger partial charge in [-0.3, -0.25) is 0 Å². The predicted molar refractivity (Wildman–Crippen MR) is 58.0 cm³/mol. The molecule has 0 bridgehead atoms. The van der Waals surface area contributed by atoms with E-state index in [1.54, 1.807) is 0 Å². The Morgan fingerprint density at radius 1 is 1.40 bits per heavy atom. The third kappa shape index (κ3) is 2.86. The molecule has 0 aliphatic rings. The van der Waals surface area contributed by atoms with Crippen LogP contribution in [0, 0.1) is 11.6 Å². The van der Waals surface area contributed by atoms with Gasteiger partial charge in [0.25, 0.3) is 0 Å². The van der Waals surface area contributed by atoms with Crippen LogP contribution in [-0.2, 0) is 0 Å². The van der Waals surface area contributed by atoms with Crippen molar-refractivity contribution in [2.45, 2.75) is 13.3 Å². The van der Waals surface area contributed by atoms with Gasteiger partial charge in [0.2, 0.25) is 0 Å². The minimum Gasteiger partial charge on any atom is -0.488 e. The van der Waals surface area contributed by atoms with Crippen molar-refractivity contribution in [3.05, 3.63) is 29.3 Å². The molecule has 1 aromatic carbocycles. The fourth-order valence-corrected chi connectivity index (χ4v) is 1.16. The summed E-state index contributed by atoms with van der Waals surface area (Å²) in [7, 11) is 0. The second kappa shape index (κ2) is 5.02. The molecule has 1 rings (SSSR count). The quantitative estimate of drug-likeness (QED) is 0.808. The van der Waals surface area contributed by atoms with Gasteiger partial charge < -0.3 is 10.5 Å². The van der Waals surface area contributed by atoms with Crippen molar-refractivity contribution in [2.75, 3.05) is 6.61 Å². The van der Waals surface area contributed by atoms with Crippen LogP contribution in [0.4, 0.5) is 8.78 Å². The first kappa shape index (κ1) is 11.8. The van der Waals surface area contributed by atoms with Crippen LogP contribution in [0.25, 0.3) is 0 Å². The average Bonchev–Trinajstić information content (AvgIpc) is 2.16. The molecule has 0 saturated heterocycles. The molecule has 82 valence electrons. The van der Waals surface area contributed by atoms with Gasteiger partial charge in [0, 0.05) is 5.56 Å². The van der Waals surface area contributed by atoms with E-state index in [2.05, 4.69) is 12.2 Å². The van der Waals surface area contributed by atoms with E-state index in [1.165, 1.54) is 0 Å². The first-order valence-corrected chi connectivity index (χ1v) is 4.88. The Morgan fingerprint density at radius 2 is 1.93 bits per heavy atom. The van der Waals surface area contributed by atoms with E-state index >= 15 is 0 Å². The minimum atomic E-state index is -0.786. The van der Waals surface area contributed by atoms with E-state index in [0.717, 1.165) is 12.1 Å². The van der Waals surface area contributed by atoms with Crippen molar-refractivity contribution >= 4 is 17.2 Å². The van der Waals surface area contributed by atoms with Gasteiger partial charge in [0.15, 0.2) is 17.4 Å². The molecule has 0 aliphatic carbocycles. The van der Waals surface area contributed by atoms with Crippen molar-refractivity contribution in [3.8, 4) is 5.75 Å². The van der Waals surface area contributed by atoms with Gasteiger partial charge in [-0.2, -0.15) is 0 Å². The Balaban J connectivity index is 3.04. The van der Waals surface area contributed by atoms with Crippen molar-refractivity contribution in [1.29, 1.82) is 0 Å².